The van der Waals surface area contributed by atoms with E-state index in [2.05, 4.69) is 0 Å². The molecular weight excluding hydrogens is 224 g/mol. The maximum atomic E-state index is 10.8. The second-order valence-corrected chi connectivity index (χ2v) is 6.00. The number of nitrogens with one attached hydrogen (secondary N) is 1. The summed E-state index contributed by atoms with van der Waals surface area (Å²) in [5, 5.41) is 8.05. The van der Waals surface area contributed by atoms with Crippen molar-refractivity contribution < 1.29 is 26.7 Å². The third-order valence-corrected chi connectivity index (χ3v) is 4.47. The maximum Gasteiger partial charge on any atom is 0.419 e. The van der Waals surface area contributed by atoms with Crippen molar-refractivity contribution in [2.45, 2.75) is 0 Å². The topological polar surface area (TPSA) is 121 Å². The van der Waals surface area contributed by atoms with E-state index >= 15 is 0 Å². The average Bonchev–Trinajstić information content (AvgIpc) is 1.80. The molecule has 8 nitrogen and oxygen atoms in total. The average molecular weight is 232 g/mol. The van der Waals surface area contributed by atoms with Gasteiger partial charge in [-0.25, -0.2) is 17.9 Å². The molecule has 10 heteroatoms. The maximum absolute atomic E-state index is 10.8. The molecule has 1 amide bonds. The lowest BCUT2D eigenvalue weighted by atomic mass is 11.3. The zero-order chi connectivity index (χ0) is 10.9. The molecule has 0 aromatic heterocycles. The molecule has 0 unspecified atom stereocenters. The van der Waals surface area contributed by atoms with Crippen LogP contribution in [0.3, 0.4) is 0 Å². The SMILES string of the molecule is CN(S(C)(=O)=O)S(=O)(=O)NC(=O)O. The Morgan fingerprint density at radius 1 is 1.31 bits per heavy atom. The van der Waals surface area contributed by atoms with Crippen LogP contribution in [0, 0.1) is 0 Å². The van der Waals surface area contributed by atoms with Crippen LogP contribution in [0.4, 0.5) is 4.79 Å². The molecular formula is C3H8N2O6S2. The molecule has 0 aromatic carbocycles. The molecule has 0 radical (unpaired) electrons. The first kappa shape index (κ1) is 12.1. The highest BCUT2D eigenvalue weighted by molar-refractivity contribution is 8.03. The molecule has 0 aromatic rings. The molecule has 0 bridgehead atoms. The summed E-state index contributed by atoms with van der Waals surface area (Å²) in [6, 6.07) is 0. The molecule has 0 rings (SSSR count). The minimum Gasteiger partial charge on any atom is -0.464 e. The monoisotopic (exact) mass is 232 g/mol. The fourth-order valence-electron chi connectivity index (χ4n) is 0.353. The van der Waals surface area contributed by atoms with Gasteiger partial charge >= 0.3 is 16.3 Å². The number of carboxylic acid groups (broad SMARTS) is 1. The molecule has 0 saturated carbocycles. The zero-order valence-corrected chi connectivity index (χ0v) is 8.39. The largest absolute Gasteiger partial charge is 0.464 e. The van der Waals surface area contributed by atoms with Crippen LogP contribution < -0.4 is 4.72 Å². The van der Waals surface area contributed by atoms with Crippen LogP contribution in [-0.2, 0) is 20.2 Å². The molecule has 0 spiro atoms. The van der Waals surface area contributed by atoms with E-state index in [0.29, 0.717) is 6.26 Å². The van der Waals surface area contributed by atoms with Gasteiger partial charge in [0.1, 0.15) is 0 Å². The normalized spacial score (nSPS) is 12.8. The van der Waals surface area contributed by atoms with E-state index in [-0.39, 0.29) is 3.71 Å². The van der Waals surface area contributed by atoms with Gasteiger partial charge in [0.25, 0.3) is 0 Å². The summed E-state index contributed by atoms with van der Waals surface area (Å²) in [5.41, 5.74) is 0. The summed E-state index contributed by atoms with van der Waals surface area (Å²) >= 11 is 0. The Kier molecular flexibility index (Phi) is 3.24. The standard InChI is InChI=1S/C3H8N2O6S2/c1-5(12(2,8)9)13(10,11)4-3(6)7/h4H,1-2H3,(H,6,7). The molecule has 0 atom stereocenters. The Bertz CT molecular complexity index is 394. The summed E-state index contributed by atoms with van der Waals surface area (Å²) in [4.78, 5) is 9.93. The minimum absolute atomic E-state index is 0.0753. The van der Waals surface area contributed by atoms with Gasteiger partial charge in [0, 0.05) is 7.05 Å². The number of nitrogens with zero attached hydrogens (tertiary/aromatic N) is 1. The molecule has 0 fully saturated rings. The van der Waals surface area contributed by atoms with Gasteiger partial charge in [0.15, 0.2) is 0 Å². The van der Waals surface area contributed by atoms with Crippen LogP contribution in [0.25, 0.3) is 0 Å². The molecule has 0 aliphatic carbocycles. The summed E-state index contributed by atoms with van der Waals surface area (Å²) in [6.45, 7) is 0. The van der Waals surface area contributed by atoms with Gasteiger partial charge in [0.05, 0.1) is 6.26 Å². The number of hydrogen-bond donors (Lipinski definition) is 2. The molecule has 78 valence electrons. The van der Waals surface area contributed by atoms with Crippen molar-refractivity contribution in [3.05, 3.63) is 0 Å². The first-order chi connectivity index (χ1) is 5.57. The number of sulfonamides is 1. The van der Waals surface area contributed by atoms with Gasteiger partial charge < -0.3 is 5.11 Å². The molecule has 0 saturated heterocycles. The van der Waals surface area contributed by atoms with Gasteiger partial charge in [-0.1, -0.05) is 3.71 Å². The summed E-state index contributed by atoms with van der Waals surface area (Å²) < 4.78 is 44.0. The lowest BCUT2D eigenvalue weighted by Crippen LogP contribution is -2.43. The van der Waals surface area contributed by atoms with Crippen molar-refractivity contribution in [2.24, 2.45) is 0 Å². The van der Waals surface area contributed by atoms with Gasteiger partial charge in [-0.3, -0.25) is 0 Å². The van der Waals surface area contributed by atoms with Crippen molar-refractivity contribution in [1.82, 2.24) is 8.43 Å². The molecule has 0 aliphatic heterocycles. The van der Waals surface area contributed by atoms with Gasteiger partial charge in [-0.05, 0) is 0 Å². The molecule has 0 aliphatic rings. The highest BCUT2D eigenvalue weighted by atomic mass is 32.3. The Hall–Kier alpha value is -0.870. The molecule has 13 heavy (non-hydrogen) atoms. The zero-order valence-electron chi connectivity index (χ0n) is 6.75. The predicted octanol–water partition coefficient (Wildman–Crippen LogP) is -1.61. The lowest BCUT2D eigenvalue weighted by molar-refractivity contribution is 0.200. The van der Waals surface area contributed by atoms with Crippen molar-refractivity contribution in [1.29, 1.82) is 0 Å². The summed E-state index contributed by atoms with van der Waals surface area (Å²) in [7, 11) is -7.79. The minimum atomic E-state index is -4.52. The van der Waals surface area contributed by atoms with E-state index in [0.717, 1.165) is 11.8 Å². The Morgan fingerprint density at radius 3 is 1.92 bits per heavy atom. The Labute approximate surface area is 75.4 Å². The second-order valence-electron chi connectivity index (χ2n) is 2.05. The van der Waals surface area contributed by atoms with Gasteiger partial charge in [-0.15, -0.1) is 0 Å². The van der Waals surface area contributed by atoms with Crippen molar-refractivity contribution >= 4 is 26.3 Å². The van der Waals surface area contributed by atoms with Gasteiger partial charge in [-0.2, -0.15) is 8.42 Å². The number of hydrogen-bond acceptors (Lipinski definition) is 5. The Morgan fingerprint density at radius 2 is 1.69 bits per heavy atom. The quantitative estimate of drug-likeness (QED) is 0.603. The van der Waals surface area contributed by atoms with E-state index < -0.39 is 26.3 Å². The van der Waals surface area contributed by atoms with Crippen LogP contribution in [0.5, 0.6) is 0 Å². The molecule has 2 N–H and O–H groups in total. The smallest absolute Gasteiger partial charge is 0.419 e. The number of carbonyl (C=O) groups is 1. The number of rotatable bonds is 3. The van der Waals surface area contributed by atoms with Crippen molar-refractivity contribution in [2.75, 3.05) is 13.3 Å². The Balaban J connectivity index is 4.99. The fraction of sp³-hybridized carbons (Fsp3) is 0.667. The first-order valence-electron chi connectivity index (χ1n) is 2.77. The van der Waals surface area contributed by atoms with Gasteiger partial charge in [0.2, 0.25) is 10.0 Å². The van der Waals surface area contributed by atoms with Crippen molar-refractivity contribution in [3.63, 3.8) is 0 Å². The highest BCUT2D eigenvalue weighted by Crippen LogP contribution is 1.99. The van der Waals surface area contributed by atoms with Crippen LogP contribution in [-0.4, -0.2) is 45.0 Å². The van der Waals surface area contributed by atoms with E-state index in [9.17, 15) is 21.6 Å². The first-order valence-corrected chi connectivity index (χ1v) is 6.06. The van der Waals surface area contributed by atoms with Crippen LogP contribution in [0.15, 0.2) is 0 Å². The molecule has 0 heterocycles. The summed E-state index contributed by atoms with van der Waals surface area (Å²) in [6.07, 6.45) is -1.22. The summed E-state index contributed by atoms with van der Waals surface area (Å²) in [5.74, 6) is 0. The van der Waals surface area contributed by atoms with Crippen LogP contribution in [0.1, 0.15) is 0 Å². The van der Waals surface area contributed by atoms with E-state index in [4.69, 9.17) is 5.11 Å². The van der Waals surface area contributed by atoms with E-state index in [1.54, 1.807) is 0 Å². The highest BCUT2D eigenvalue weighted by Gasteiger charge is 2.27. The van der Waals surface area contributed by atoms with E-state index in [1.807, 2.05) is 0 Å². The van der Waals surface area contributed by atoms with Crippen LogP contribution in [0.2, 0.25) is 0 Å². The second kappa shape index (κ2) is 3.47. The van der Waals surface area contributed by atoms with E-state index in [1.165, 1.54) is 0 Å². The van der Waals surface area contributed by atoms with Crippen molar-refractivity contribution in [3.8, 4) is 0 Å². The fourth-order valence-corrected chi connectivity index (χ4v) is 2.24. The third kappa shape index (κ3) is 3.57. The number of amides is 1. The lowest BCUT2D eigenvalue weighted by Gasteiger charge is -2.12. The predicted molar refractivity (Wildman–Crippen MR) is 42.7 cm³/mol. The van der Waals surface area contributed by atoms with Crippen LogP contribution >= 0.6 is 0 Å². The third-order valence-electron chi connectivity index (χ3n) is 1.02.